The average Bonchev–Trinajstić information content (AvgIpc) is 3.07. The molecule has 0 aromatic carbocycles. The van der Waals surface area contributed by atoms with Crippen molar-refractivity contribution in [2.75, 3.05) is 23.9 Å². The van der Waals surface area contributed by atoms with Crippen molar-refractivity contribution in [2.24, 2.45) is 22.9 Å². The molecule has 0 aliphatic carbocycles. The zero-order valence-corrected chi connectivity index (χ0v) is 20.3. The summed E-state index contributed by atoms with van der Waals surface area (Å²) in [5.41, 5.74) is 21.1. The summed E-state index contributed by atoms with van der Waals surface area (Å²) < 4.78 is 4.50. The molecule has 11 nitrogen and oxygen atoms in total. The van der Waals surface area contributed by atoms with E-state index in [-0.39, 0.29) is 24.6 Å². The van der Waals surface area contributed by atoms with Gasteiger partial charge in [-0.25, -0.2) is 0 Å². The molecule has 32 heavy (non-hydrogen) atoms. The molecule has 4 unspecified atom stereocenters. The molecular formula is C17H36N4O7S4. The van der Waals surface area contributed by atoms with E-state index in [0.717, 1.165) is 5.75 Å². The summed E-state index contributed by atoms with van der Waals surface area (Å²) in [5.74, 6) is -0.275. The highest BCUT2D eigenvalue weighted by atomic mass is 33.1. The SMILES string of the molecule is C.NC(CCS)C(=O)O.NC(CCSSCCC(N)C(=O)S)C(=O)O.NC1CCOC1=O. The third-order valence-electron chi connectivity index (χ3n) is 3.48. The Kier molecular flexibility index (Phi) is 24.8. The number of cyclic esters (lactones) is 1. The molecular weight excluding hydrogens is 500 g/mol. The van der Waals surface area contributed by atoms with Gasteiger partial charge in [-0.3, -0.25) is 19.2 Å². The summed E-state index contributed by atoms with van der Waals surface area (Å²) in [7, 11) is 3.09. The average molecular weight is 537 g/mol. The highest BCUT2D eigenvalue weighted by molar-refractivity contribution is 8.76. The van der Waals surface area contributed by atoms with Gasteiger partial charge in [0.05, 0.1) is 12.6 Å². The fraction of sp³-hybridized carbons (Fsp3) is 0.765. The standard InChI is InChI=1S/C8H16N2O3S3.C4H9NO2S.C4H7NO2.CH4/c9-5(7(11)12)1-3-15-16-4-2-6(10)8(13)14;5-3(1-2-8)4(6)7;5-3-1-2-7-4(3)6;/h5-6H,1-4,9-10H2,(H,11,12)(H,13,14);3,8H,1-2,5H2,(H,6,7);3H,1-2,5H2;1H4. The first kappa shape index (κ1) is 35.9. The highest BCUT2D eigenvalue weighted by Gasteiger charge is 2.21. The van der Waals surface area contributed by atoms with Gasteiger partial charge in [0.25, 0.3) is 0 Å². The lowest BCUT2D eigenvalue weighted by Gasteiger charge is -2.07. The maximum Gasteiger partial charge on any atom is 0.323 e. The second-order valence-electron chi connectivity index (χ2n) is 6.13. The molecule has 10 N–H and O–H groups in total. The van der Waals surface area contributed by atoms with Crippen molar-refractivity contribution in [3.63, 3.8) is 0 Å². The lowest BCUT2D eigenvalue weighted by atomic mass is 10.2. The number of nitrogens with two attached hydrogens (primary N) is 4. The summed E-state index contributed by atoms with van der Waals surface area (Å²) in [5, 5.41) is 16.4. The van der Waals surface area contributed by atoms with Crippen LogP contribution in [-0.4, -0.2) is 81.3 Å². The summed E-state index contributed by atoms with van der Waals surface area (Å²) >= 11 is 7.44. The Morgan fingerprint density at radius 2 is 1.44 bits per heavy atom. The van der Waals surface area contributed by atoms with Gasteiger partial charge in [0.1, 0.15) is 18.1 Å². The Morgan fingerprint density at radius 1 is 1.00 bits per heavy atom. The molecule has 1 rings (SSSR count). The summed E-state index contributed by atoms with van der Waals surface area (Å²) in [6.07, 6.45) is 2.12. The number of ether oxygens (including phenoxy) is 1. The van der Waals surface area contributed by atoms with Crippen molar-refractivity contribution in [1.29, 1.82) is 0 Å². The van der Waals surface area contributed by atoms with Gasteiger partial charge in [0.2, 0.25) is 5.12 Å². The van der Waals surface area contributed by atoms with Crippen LogP contribution in [0.15, 0.2) is 0 Å². The highest BCUT2D eigenvalue weighted by Crippen LogP contribution is 2.23. The minimum atomic E-state index is -0.978. The van der Waals surface area contributed by atoms with E-state index < -0.39 is 30.1 Å². The Hall–Kier alpha value is -0.680. The van der Waals surface area contributed by atoms with Crippen LogP contribution >= 0.6 is 46.8 Å². The topological polar surface area (TPSA) is 222 Å². The Balaban J connectivity index is -0.000000438. The molecule has 1 aliphatic heterocycles. The largest absolute Gasteiger partial charge is 0.480 e. The lowest BCUT2D eigenvalue weighted by Crippen LogP contribution is -2.30. The number of esters is 1. The number of thiol groups is 2. The van der Waals surface area contributed by atoms with Gasteiger partial charge < -0.3 is 37.9 Å². The van der Waals surface area contributed by atoms with Crippen molar-refractivity contribution in [3.05, 3.63) is 0 Å². The zero-order valence-electron chi connectivity index (χ0n) is 16.9. The van der Waals surface area contributed by atoms with E-state index >= 15 is 0 Å². The molecule has 1 aliphatic rings. The first-order valence-electron chi connectivity index (χ1n) is 9.16. The summed E-state index contributed by atoms with van der Waals surface area (Å²) in [6, 6.07) is -2.40. The molecule has 15 heteroatoms. The van der Waals surface area contributed by atoms with E-state index in [0.29, 0.717) is 43.8 Å². The van der Waals surface area contributed by atoms with Crippen molar-refractivity contribution in [2.45, 2.75) is 57.3 Å². The van der Waals surface area contributed by atoms with E-state index in [1.54, 1.807) is 10.8 Å². The van der Waals surface area contributed by atoms with Gasteiger partial charge in [-0.05, 0) is 25.0 Å². The predicted octanol–water partition coefficient (Wildman–Crippen LogP) is -0.0415. The van der Waals surface area contributed by atoms with E-state index in [1.807, 2.05) is 0 Å². The van der Waals surface area contributed by atoms with Crippen LogP contribution in [0.4, 0.5) is 0 Å². The van der Waals surface area contributed by atoms with Gasteiger partial charge in [0.15, 0.2) is 0 Å². The Labute approximate surface area is 207 Å². The number of carboxylic acids is 2. The molecule has 0 amide bonds. The molecule has 0 radical (unpaired) electrons. The van der Waals surface area contributed by atoms with Crippen LogP contribution in [0.5, 0.6) is 0 Å². The molecule has 1 heterocycles. The van der Waals surface area contributed by atoms with Gasteiger partial charge in [-0.15, -0.1) is 12.6 Å². The van der Waals surface area contributed by atoms with E-state index in [4.69, 9.17) is 33.1 Å². The number of aliphatic carboxylic acids is 2. The smallest absolute Gasteiger partial charge is 0.323 e. The van der Waals surface area contributed by atoms with E-state index in [2.05, 4.69) is 30.0 Å². The minimum absolute atomic E-state index is 0. The molecule has 1 fully saturated rings. The van der Waals surface area contributed by atoms with Gasteiger partial charge in [-0.2, -0.15) is 12.6 Å². The number of hydrogen-bond acceptors (Lipinski definition) is 12. The molecule has 0 aromatic heterocycles. The molecule has 0 saturated carbocycles. The molecule has 0 aromatic rings. The molecule has 4 atom stereocenters. The third kappa shape index (κ3) is 21.2. The number of carbonyl (C=O) groups is 4. The van der Waals surface area contributed by atoms with Crippen LogP contribution in [0.3, 0.4) is 0 Å². The number of carboxylic acid groups (broad SMARTS) is 2. The Morgan fingerprint density at radius 3 is 1.69 bits per heavy atom. The van der Waals surface area contributed by atoms with Gasteiger partial charge in [-0.1, -0.05) is 29.0 Å². The second-order valence-corrected chi connectivity index (χ2v) is 9.72. The van der Waals surface area contributed by atoms with E-state index in [9.17, 15) is 19.2 Å². The lowest BCUT2D eigenvalue weighted by molar-refractivity contribution is -0.139. The fourth-order valence-electron chi connectivity index (χ4n) is 1.49. The van der Waals surface area contributed by atoms with Crippen molar-refractivity contribution in [1.82, 2.24) is 0 Å². The van der Waals surface area contributed by atoms with Crippen LogP contribution in [0.25, 0.3) is 0 Å². The number of rotatable bonds is 12. The first-order chi connectivity index (χ1) is 14.4. The van der Waals surface area contributed by atoms with Crippen molar-refractivity contribution in [3.8, 4) is 0 Å². The van der Waals surface area contributed by atoms with E-state index in [1.165, 1.54) is 10.8 Å². The maximum absolute atomic E-state index is 10.7. The molecule has 0 spiro atoms. The summed E-state index contributed by atoms with van der Waals surface area (Å²) in [6.45, 7) is 0.500. The van der Waals surface area contributed by atoms with Gasteiger partial charge in [0, 0.05) is 17.9 Å². The quantitative estimate of drug-likeness (QED) is 0.0710. The minimum Gasteiger partial charge on any atom is -0.480 e. The summed E-state index contributed by atoms with van der Waals surface area (Å²) in [4.78, 5) is 41.2. The van der Waals surface area contributed by atoms with Crippen molar-refractivity contribution >= 4 is 69.9 Å². The maximum atomic E-state index is 10.7. The Bertz CT molecular complexity index is 537. The molecule has 190 valence electrons. The van der Waals surface area contributed by atoms with Crippen LogP contribution in [-0.2, 0) is 23.9 Å². The third-order valence-corrected chi connectivity index (χ3v) is 6.54. The number of hydrogen-bond donors (Lipinski definition) is 8. The van der Waals surface area contributed by atoms with Crippen molar-refractivity contribution < 1.29 is 34.1 Å². The second kappa shape index (κ2) is 22.1. The zero-order chi connectivity index (χ0) is 24.4. The van der Waals surface area contributed by atoms with Crippen LogP contribution in [0.2, 0.25) is 0 Å². The van der Waals surface area contributed by atoms with Crippen LogP contribution in [0.1, 0.15) is 33.1 Å². The van der Waals surface area contributed by atoms with Crippen LogP contribution in [0, 0.1) is 0 Å². The molecule has 1 saturated heterocycles. The van der Waals surface area contributed by atoms with Crippen LogP contribution < -0.4 is 22.9 Å². The monoisotopic (exact) mass is 536 g/mol. The first-order valence-corrected chi connectivity index (χ1v) is 12.7. The molecule has 0 bridgehead atoms. The van der Waals surface area contributed by atoms with Gasteiger partial charge >= 0.3 is 17.9 Å². The predicted molar refractivity (Wildman–Crippen MR) is 136 cm³/mol. The number of carbonyl (C=O) groups excluding carboxylic acids is 2. The normalized spacial score (nSPS) is 17.2. The fourth-order valence-corrected chi connectivity index (χ4v) is 4.12.